The molecule has 10 rings (SSSR count). The maximum absolute atomic E-state index is 6.61. The fourth-order valence-electron chi connectivity index (χ4n) is 9.13. The van der Waals surface area contributed by atoms with Crippen LogP contribution in [-0.2, 0) is 10.8 Å². The molecule has 242 valence electrons. The third-order valence-electron chi connectivity index (χ3n) is 11.5. The predicted octanol–water partition coefficient (Wildman–Crippen LogP) is 13.1. The lowest BCUT2D eigenvalue weighted by Gasteiger charge is -2.47. The van der Waals surface area contributed by atoms with Crippen molar-refractivity contribution in [3.05, 3.63) is 167 Å². The van der Waals surface area contributed by atoms with E-state index in [1.54, 1.807) is 0 Å². The largest absolute Gasteiger partial charge is 0.453 e. The highest BCUT2D eigenvalue weighted by atomic mass is 16.5. The zero-order valence-electron chi connectivity index (χ0n) is 29.1. The lowest BCUT2D eigenvalue weighted by atomic mass is 9.72. The van der Waals surface area contributed by atoms with Gasteiger partial charge in [0.15, 0.2) is 11.5 Å². The lowest BCUT2D eigenvalue weighted by Crippen LogP contribution is -2.34. The average molecular weight is 647 g/mol. The Balaban J connectivity index is 1.28. The van der Waals surface area contributed by atoms with Crippen molar-refractivity contribution in [3.8, 4) is 22.6 Å². The number of hydrogen-bond acceptors (Lipinski definition) is 3. The van der Waals surface area contributed by atoms with E-state index in [1.165, 1.54) is 66.8 Å². The molecule has 0 bridgehead atoms. The Morgan fingerprint density at radius 3 is 2.08 bits per heavy atom. The van der Waals surface area contributed by atoms with Crippen LogP contribution < -0.4 is 14.5 Å². The first-order valence-electron chi connectivity index (χ1n) is 17.6. The highest BCUT2D eigenvalue weighted by Gasteiger charge is 2.44. The molecule has 0 saturated heterocycles. The molecule has 0 fully saturated rings. The summed E-state index contributed by atoms with van der Waals surface area (Å²) in [6.07, 6.45) is 0. The fourth-order valence-corrected chi connectivity index (χ4v) is 9.13. The monoisotopic (exact) mass is 646 g/mol. The van der Waals surface area contributed by atoms with E-state index in [0.717, 1.165) is 28.6 Å². The zero-order valence-corrected chi connectivity index (χ0v) is 29.1. The molecule has 0 spiro atoms. The van der Waals surface area contributed by atoms with Gasteiger partial charge in [0.1, 0.15) is 0 Å². The number of benzene rings is 7. The van der Waals surface area contributed by atoms with Gasteiger partial charge in [-0.3, -0.25) is 0 Å². The summed E-state index contributed by atoms with van der Waals surface area (Å²) in [5, 5.41) is 2.44. The van der Waals surface area contributed by atoms with Gasteiger partial charge in [-0.1, -0.05) is 125 Å². The van der Waals surface area contributed by atoms with Gasteiger partial charge in [-0.25, -0.2) is 0 Å². The number of nitrogens with zero attached hydrogens (tertiary/aromatic N) is 2. The third-order valence-corrected chi connectivity index (χ3v) is 11.5. The van der Waals surface area contributed by atoms with Crippen LogP contribution in [0.25, 0.3) is 21.9 Å². The van der Waals surface area contributed by atoms with Crippen molar-refractivity contribution in [1.29, 1.82) is 0 Å². The quantitative estimate of drug-likeness (QED) is 0.190. The summed E-state index contributed by atoms with van der Waals surface area (Å²) in [5.41, 5.74) is 15.6. The Kier molecular flexibility index (Phi) is 5.90. The molecule has 0 saturated carbocycles. The van der Waals surface area contributed by atoms with Gasteiger partial charge in [0.2, 0.25) is 0 Å². The van der Waals surface area contributed by atoms with E-state index in [0.29, 0.717) is 0 Å². The fraction of sp³-hybridized carbons (Fsp3) is 0.149. The number of anilines is 6. The van der Waals surface area contributed by atoms with Crippen LogP contribution in [0.5, 0.6) is 11.5 Å². The van der Waals surface area contributed by atoms with Gasteiger partial charge in [0.05, 0.1) is 28.4 Å². The van der Waals surface area contributed by atoms with Crippen LogP contribution in [-0.4, -0.2) is 0 Å². The van der Waals surface area contributed by atoms with Crippen LogP contribution in [0.15, 0.2) is 140 Å². The van der Waals surface area contributed by atoms with Crippen molar-refractivity contribution >= 4 is 44.9 Å². The van der Waals surface area contributed by atoms with E-state index < -0.39 is 0 Å². The van der Waals surface area contributed by atoms with Crippen molar-refractivity contribution in [2.75, 3.05) is 9.80 Å². The van der Waals surface area contributed by atoms with E-state index in [-0.39, 0.29) is 10.8 Å². The van der Waals surface area contributed by atoms with Gasteiger partial charge in [-0.15, -0.1) is 0 Å². The van der Waals surface area contributed by atoms with Crippen molar-refractivity contribution in [2.24, 2.45) is 0 Å². The third kappa shape index (κ3) is 3.81. The number of hydrogen-bond donors (Lipinski definition) is 0. The van der Waals surface area contributed by atoms with Crippen molar-refractivity contribution in [3.63, 3.8) is 0 Å². The van der Waals surface area contributed by atoms with Gasteiger partial charge in [0.25, 0.3) is 0 Å². The number of para-hydroxylation sites is 2. The molecule has 0 amide bonds. The molecule has 3 heteroatoms. The van der Waals surface area contributed by atoms with E-state index in [4.69, 9.17) is 4.74 Å². The molecule has 3 nitrogen and oxygen atoms in total. The second kappa shape index (κ2) is 10.1. The molecule has 0 radical (unpaired) electrons. The predicted molar refractivity (Wildman–Crippen MR) is 208 cm³/mol. The van der Waals surface area contributed by atoms with E-state index in [9.17, 15) is 0 Å². The van der Waals surface area contributed by atoms with Crippen LogP contribution in [0.3, 0.4) is 0 Å². The summed E-state index contributed by atoms with van der Waals surface area (Å²) < 4.78 is 6.61. The SMILES string of the molecule is Cc1cccc2c1N1c3cccc(N(c4ccc5c(c4)C(C)(C)c4ccccc4-5)c4cccc5ccccc45)c3C(C)(C)c3cccc(c31)O2. The molecule has 7 aromatic carbocycles. The van der Waals surface area contributed by atoms with Gasteiger partial charge < -0.3 is 14.5 Å². The van der Waals surface area contributed by atoms with E-state index in [2.05, 4.69) is 184 Å². The Bertz CT molecular complexity index is 2550. The van der Waals surface area contributed by atoms with Crippen LogP contribution in [0.4, 0.5) is 34.1 Å². The van der Waals surface area contributed by atoms with Crippen molar-refractivity contribution < 1.29 is 4.74 Å². The molecular weight excluding hydrogens is 609 g/mol. The molecule has 0 atom stereocenters. The van der Waals surface area contributed by atoms with Gasteiger partial charge in [-0.2, -0.15) is 0 Å². The Morgan fingerprint density at radius 2 is 1.20 bits per heavy atom. The lowest BCUT2D eigenvalue weighted by molar-refractivity contribution is 0.471. The Labute approximate surface area is 294 Å². The van der Waals surface area contributed by atoms with Gasteiger partial charge >= 0.3 is 0 Å². The highest BCUT2D eigenvalue weighted by molar-refractivity contribution is 6.02. The topological polar surface area (TPSA) is 15.7 Å². The maximum atomic E-state index is 6.61. The minimum atomic E-state index is -0.341. The van der Waals surface area contributed by atoms with E-state index >= 15 is 0 Å². The highest BCUT2D eigenvalue weighted by Crippen LogP contribution is 2.63. The van der Waals surface area contributed by atoms with Crippen LogP contribution in [0.1, 0.15) is 55.5 Å². The average Bonchev–Trinajstić information content (AvgIpc) is 3.36. The van der Waals surface area contributed by atoms with Crippen LogP contribution in [0, 0.1) is 6.92 Å². The van der Waals surface area contributed by atoms with Crippen LogP contribution >= 0.6 is 0 Å². The molecule has 2 heterocycles. The molecule has 2 aliphatic heterocycles. The number of rotatable bonds is 3. The van der Waals surface area contributed by atoms with Crippen LogP contribution in [0.2, 0.25) is 0 Å². The molecule has 0 N–H and O–H groups in total. The molecule has 3 aliphatic rings. The smallest absolute Gasteiger partial charge is 0.151 e. The number of aryl methyl sites for hydroxylation is 1. The summed E-state index contributed by atoms with van der Waals surface area (Å²) >= 11 is 0. The number of fused-ring (bicyclic) bond motifs is 8. The first-order chi connectivity index (χ1) is 24.2. The van der Waals surface area contributed by atoms with Crippen molar-refractivity contribution in [1.82, 2.24) is 0 Å². The second-order valence-corrected chi connectivity index (χ2v) is 15.0. The number of ether oxygens (including phenoxy) is 1. The first-order valence-corrected chi connectivity index (χ1v) is 17.6. The summed E-state index contributed by atoms with van der Waals surface area (Å²) in [6.45, 7) is 11.7. The summed E-state index contributed by atoms with van der Waals surface area (Å²) in [5.74, 6) is 1.79. The second-order valence-electron chi connectivity index (χ2n) is 15.0. The van der Waals surface area contributed by atoms with E-state index in [1.807, 2.05) is 0 Å². The molecule has 1 aliphatic carbocycles. The zero-order chi connectivity index (χ0) is 33.9. The molecule has 50 heavy (non-hydrogen) atoms. The summed E-state index contributed by atoms with van der Waals surface area (Å²) in [7, 11) is 0. The van der Waals surface area contributed by atoms with Crippen molar-refractivity contribution in [2.45, 2.75) is 45.4 Å². The minimum Gasteiger partial charge on any atom is -0.453 e. The molecule has 0 unspecified atom stereocenters. The molecule has 0 aromatic heterocycles. The van der Waals surface area contributed by atoms with Gasteiger partial charge in [-0.05, 0) is 88.2 Å². The Hall–Kier alpha value is -5.80. The normalized spacial score (nSPS) is 15.3. The molecule has 7 aromatic rings. The Morgan fingerprint density at radius 1 is 0.540 bits per heavy atom. The summed E-state index contributed by atoms with van der Waals surface area (Å²) in [4.78, 5) is 4.99. The summed E-state index contributed by atoms with van der Waals surface area (Å²) in [6, 6.07) is 51.2. The maximum Gasteiger partial charge on any atom is 0.151 e. The van der Waals surface area contributed by atoms with Gasteiger partial charge in [0, 0.05) is 27.5 Å². The standard InChI is InChI=1S/C47H38N2O/c1-29-14-10-24-41-44(29)49-40-23-13-22-39(43(40)47(4,5)36-20-12-25-42(50-41)45(36)49)48(38-21-11-16-30-15-6-7-17-32(30)38)31-26-27-34-33-18-8-9-19-35(33)46(2,3)37(34)28-31/h6-28H,1-5H3. The molecular formula is C47H38N2O. The first kappa shape index (κ1) is 29.1. The minimum absolute atomic E-state index is 0.119.